The molecular formula is C18H23N3O3S. The molecule has 1 saturated heterocycles. The van der Waals surface area contributed by atoms with E-state index in [1.807, 2.05) is 5.38 Å². The normalized spacial score (nSPS) is 20.1. The summed E-state index contributed by atoms with van der Waals surface area (Å²) in [6, 6.07) is 5.88. The lowest BCUT2D eigenvalue weighted by molar-refractivity contribution is 0.0925. The van der Waals surface area contributed by atoms with E-state index in [0.29, 0.717) is 29.7 Å². The van der Waals surface area contributed by atoms with Gasteiger partial charge in [-0.05, 0) is 44.5 Å². The van der Waals surface area contributed by atoms with Crippen LogP contribution in [0.5, 0.6) is 11.5 Å². The molecule has 0 aliphatic carbocycles. The molecule has 1 aliphatic heterocycles. The van der Waals surface area contributed by atoms with Crippen LogP contribution in [0.15, 0.2) is 29.1 Å². The average Bonchev–Trinajstić information content (AvgIpc) is 3.13. The Labute approximate surface area is 151 Å². The van der Waals surface area contributed by atoms with Crippen molar-refractivity contribution in [1.82, 2.24) is 15.6 Å². The number of benzene rings is 1. The highest BCUT2D eigenvalue weighted by molar-refractivity contribution is 7.07. The molecule has 2 aromatic rings. The van der Waals surface area contributed by atoms with Crippen LogP contribution >= 0.6 is 11.3 Å². The molecule has 7 heteroatoms. The predicted molar refractivity (Wildman–Crippen MR) is 97.4 cm³/mol. The second-order valence-electron chi connectivity index (χ2n) is 6.18. The Morgan fingerprint density at radius 1 is 1.44 bits per heavy atom. The fourth-order valence-electron chi connectivity index (χ4n) is 2.92. The molecule has 0 spiro atoms. The molecule has 1 amide bonds. The number of carbonyl (C=O) groups excluding carboxylic acids is 1. The number of amides is 1. The van der Waals surface area contributed by atoms with Gasteiger partial charge in [0.1, 0.15) is 6.61 Å². The van der Waals surface area contributed by atoms with Gasteiger partial charge >= 0.3 is 0 Å². The van der Waals surface area contributed by atoms with Gasteiger partial charge in [0.05, 0.1) is 18.3 Å². The molecule has 3 rings (SSSR count). The number of piperidine rings is 1. The van der Waals surface area contributed by atoms with E-state index in [9.17, 15) is 4.79 Å². The molecule has 2 heterocycles. The first-order valence-electron chi connectivity index (χ1n) is 8.38. The van der Waals surface area contributed by atoms with Crippen molar-refractivity contribution < 1.29 is 14.3 Å². The zero-order chi connectivity index (χ0) is 17.6. The standard InChI is InChI=1S/C18H23N3O3S/c1-12-7-14(5-6-19-12)21-18(22)13-3-4-16(17(8-13)23-2)24-9-15-10-25-11-20-15/h3-4,8,10-12,14,19H,5-7,9H2,1-2H3,(H,21,22). The first-order chi connectivity index (χ1) is 12.2. The van der Waals surface area contributed by atoms with Crippen molar-refractivity contribution in [2.24, 2.45) is 0 Å². The number of carbonyl (C=O) groups is 1. The second kappa shape index (κ2) is 8.31. The average molecular weight is 361 g/mol. The molecule has 2 atom stereocenters. The number of thiazole rings is 1. The van der Waals surface area contributed by atoms with Crippen molar-refractivity contribution in [3.63, 3.8) is 0 Å². The molecule has 2 unspecified atom stereocenters. The summed E-state index contributed by atoms with van der Waals surface area (Å²) in [5, 5.41) is 8.43. The molecule has 2 N–H and O–H groups in total. The fraction of sp³-hybridized carbons (Fsp3) is 0.444. The van der Waals surface area contributed by atoms with E-state index in [4.69, 9.17) is 9.47 Å². The minimum atomic E-state index is -0.0801. The summed E-state index contributed by atoms with van der Waals surface area (Å²) in [4.78, 5) is 16.7. The Balaban J connectivity index is 1.64. The van der Waals surface area contributed by atoms with Gasteiger partial charge in [-0.1, -0.05) is 0 Å². The van der Waals surface area contributed by atoms with Crippen molar-refractivity contribution in [2.45, 2.75) is 38.5 Å². The summed E-state index contributed by atoms with van der Waals surface area (Å²) < 4.78 is 11.1. The highest BCUT2D eigenvalue weighted by Crippen LogP contribution is 2.29. The van der Waals surface area contributed by atoms with Crippen LogP contribution in [0.3, 0.4) is 0 Å². The number of hydrogen-bond acceptors (Lipinski definition) is 6. The number of nitrogens with zero attached hydrogens (tertiary/aromatic N) is 1. The highest BCUT2D eigenvalue weighted by Gasteiger charge is 2.21. The van der Waals surface area contributed by atoms with Gasteiger partial charge in [-0.3, -0.25) is 4.79 Å². The third-order valence-electron chi connectivity index (χ3n) is 4.24. The lowest BCUT2D eigenvalue weighted by Gasteiger charge is -2.28. The second-order valence-corrected chi connectivity index (χ2v) is 6.90. The van der Waals surface area contributed by atoms with Crippen LogP contribution in [0.4, 0.5) is 0 Å². The van der Waals surface area contributed by atoms with Gasteiger partial charge < -0.3 is 20.1 Å². The SMILES string of the molecule is COc1cc(C(=O)NC2CCNC(C)C2)ccc1OCc1cscn1. The Morgan fingerprint density at radius 2 is 2.32 bits per heavy atom. The predicted octanol–water partition coefficient (Wildman–Crippen LogP) is 2.60. The van der Waals surface area contributed by atoms with Crippen molar-refractivity contribution >= 4 is 17.2 Å². The summed E-state index contributed by atoms with van der Waals surface area (Å²) in [5.41, 5.74) is 3.21. The zero-order valence-electron chi connectivity index (χ0n) is 14.5. The van der Waals surface area contributed by atoms with Gasteiger partial charge in [-0.2, -0.15) is 0 Å². The van der Waals surface area contributed by atoms with Gasteiger partial charge in [0, 0.05) is 23.0 Å². The zero-order valence-corrected chi connectivity index (χ0v) is 15.3. The summed E-state index contributed by atoms with van der Waals surface area (Å²) in [5.74, 6) is 1.06. The quantitative estimate of drug-likeness (QED) is 0.827. The third kappa shape index (κ3) is 4.70. The summed E-state index contributed by atoms with van der Waals surface area (Å²) in [6.45, 7) is 3.44. The Morgan fingerprint density at radius 3 is 3.04 bits per heavy atom. The Hall–Kier alpha value is -2.12. The van der Waals surface area contributed by atoms with Crippen molar-refractivity contribution in [1.29, 1.82) is 0 Å². The van der Waals surface area contributed by atoms with E-state index in [2.05, 4.69) is 22.5 Å². The van der Waals surface area contributed by atoms with Gasteiger partial charge in [0.25, 0.3) is 5.91 Å². The van der Waals surface area contributed by atoms with E-state index >= 15 is 0 Å². The number of aromatic nitrogens is 1. The molecule has 6 nitrogen and oxygen atoms in total. The summed E-state index contributed by atoms with van der Waals surface area (Å²) in [6.07, 6.45) is 1.89. The summed E-state index contributed by atoms with van der Waals surface area (Å²) in [7, 11) is 1.57. The molecule has 0 radical (unpaired) electrons. The van der Waals surface area contributed by atoms with E-state index in [-0.39, 0.29) is 11.9 Å². The van der Waals surface area contributed by atoms with Crippen LogP contribution in [0.1, 0.15) is 35.8 Å². The Bertz CT molecular complexity index is 706. The first kappa shape index (κ1) is 17.7. The highest BCUT2D eigenvalue weighted by atomic mass is 32.1. The van der Waals surface area contributed by atoms with Crippen LogP contribution in [0.2, 0.25) is 0 Å². The van der Waals surface area contributed by atoms with Crippen molar-refractivity contribution in [3.05, 3.63) is 40.3 Å². The van der Waals surface area contributed by atoms with Crippen LogP contribution in [0, 0.1) is 0 Å². The Kier molecular flexibility index (Phi) is 5.88. The van der Waals surface area contributed by atoms with E-state index in [1.165, 1.54) is 11.3 Å². The largest absolute Gasteiger partial charge is 0.493 e. The van der Waals surface area contributed by atoms with Crippen LogP contribution in [-0.4, -0.2) is 36.6 Å². The molecule has 134 valence electrons. The topological polar surface area (TPSA) is 72.5 Å². The fourth-order valence-corrected chi connectivity index (χ4v) is 3.46. The number of ether oxygens (including phenoxy) is 2. The summed E-state index contributed by atoms with van der Waals surface area (Å²) >= 11 is 1.53. The maximum Gasteiger partial charge on any atom is 0.251 e. The third-order valence-corrected chi connectivity index (χ3v) is 4.88. The van der Waals surface area contributed by atoms with Crippen molar-refractivity contribution in [2.75, 3.05) is 13.7 Å². The van der Waals surface area contributed by atoms with Gasteiger partial charge in [0.2, 0.25) is 0 Å². The number of hydrogen-bond donors (Lipinski definition) is 2. The molecule has 0 saturated carbocycles. The molecule has 25 heavy (non-hydrogen) atoms. The van der Waals surface area contributed by atoms with E-state index in [1.54, 1.807) is 30.8 Å². The minimum Gasteiger partial charge on any atom is -0.493 e. The maximum atomic E-state index is 12.5. The van der Waals surface area contributed by atoms with Crippen LogP contribution < -0.4 is 20.1 Å². The molecule has 1 fully saturated rings. The maximum absolute atomic E-state index is 12.5. The molecule has 1 aliphatic rings. The van der Waals surface area contributed by atoms with Gasteiger partial charge in [0.15, 0.2) is 11.5 Å². The minimum absolute atomic E-state index is 0.0801. The van der Waals surface area contributed by atoms with Crippen LogP contribution in [0.25, 0.3) is 0 Å². The van der Waals surface area contributed by atoms with Gasteiger partial charge in [-0.15, -0.1) is 11.3 Å². The van der Waals surface area contributed by atoms with Gasteiger partial charge in [-0.25, -0.2) is 4.98 Å². The number of nitrogens with one attached hydrogen (secondary N) is 2. The smallest absolute Gasteiger partial charge is 0.251 e. The van der Waals surface area contributed by atoms with Crippen LogP contribution in [-0.2, 0) is 6.61 Å². The first-order valence-corrected chi connectivity index (χ1v) is 9.32. The number of rotatable bonds is 6. The van der Waals surface area contributed by atoms with Crippen molar-refractivity contribution in [3.8, 4) is 11.5 Å². The van der Waals surface area contributed by atoms with E-state index < -0.39 is 0 Å². The number of methoxy groups -OCH3 is 1. The van der Waals surface area contributed by atoms with E-state index in [0.717, 1.165) is 25.1 Å². The molecular weight excluding hydrogens is 338 g/mol. The molecule has 1 aromatic heterocycles. The molecule has 1 aromatic carbocycles. The molecule has 0 bridgehead atoms. The lowest BCUT2D eigenvalue weighted by Crippen LogP contribution is -2.46. The monoisotopic (exact) mass is 361 g/mol. The lowest BCUT2D eigenvalue weighted by atomic mass is 10.0.